The molecule has 6 rings (SSSR count). The Hall–Kier alpha value is -4.32. The highest BCUT2D eigenvalue weighted by Crippen LogP contribution is 2.31. The van der Waals surface area contributed by atoms with E-state index in [2.05, 4.69) is 25.8 Å². The van der Waals surface area contributed by atoms with Crippen molar-refractivity contribution in [1.82, 2.24) is 34.6 Å². The van der Waals surface area contributed by atoms with E-state index in [-0.39, 0.29) is 23.3 Å². The van der Waals surface area contributed by atoms with Crippen LogP contribution >= 0.6 is 0 Å². The van der Waals surface area contributed by atoms with Crippen LogP contribution in [0.25, 0.3) is 17.0 Å². The van der Waals surface area contributed by atoms with Gasteiger partial charge in [0.2, 0.25) is 11.7 Å². The molecule has 0 atom stereocenters. The summed E-state index contributed by atoms with van der Waals surface area (Å²) in [5, 5.41) is 10.0. The van der Waals surface area contributed by atoms with Crippen LogP contribution in [-0.2, 0) is 0 Å². The van der Waals surface area contributed by atoms with Crippen LogP contribution in [0.1, 0.15) is 27.9 Å². The van der Waals surface area contributed by atoms with E-state index in [1.165, 1.54) is 12.3 Å². The Morgan fingerprint density at radius 3 is 2.78 bits per heavy atom. The summed E-state index contributed by atoms with van der Waals surface area (Å²) in [6, 6.07) is 8.37. The molecule has 3 aromatic heterocycles. The average molecular weight is 505 g/mol. The van der Waals surface area contributed by atoms with Gasteiger partial charge in [-0.05, 0) is 31.2 Å². The molecule has 0 unspecified atom stereocenters. The SMILES string of the molecule is Cc1c(F)cc(-c2noc(C3CN(C(=O)N4CCNCC4)C3)n2)cc1NC(=O)c1cnc2ccccn12. The highest BCUT2D eigenvalue weighted by molar-refractivity contribution is 6.04. The fraction of sp³-hybridized carbons (Fsp3) is 0.320. The zero-order chi connectivity index (χ0) is 25.5. The number of rotatable bonds is 4. The number of aromatic nitrogens is 4. The summed E-state index contributed by atoms with van der Waals surface area (Å²) in [7, 11) is 0. The first-order valence-corrected chi connectivity index (χ1v) is 12.1. The lowest BCUT2D eigenvalue weighted by Gasteiger charge is -2.41. The van der Waals surface area contributed by atoms with Crippen LogP contribution in [0.2, 0.25) is 0 Å². The molecule has 2 N–H and O–H groups in total. The number of carbonyl (C=O) groups is 2. The van der Waals surface area contributed by atoms with Crippen LogP contribution in [0.4, 0.5) is 14.9 Å². The molecule has 4 aromatic rings. The number of likely N-dealkylation sites (tertiary alicyclic amines) is 1. The molecular weight excluding hydrogens is 479 g/mol. The molecule has 5 heterocycles. The summed E-state index contributed by atoms with van der Waals surface area (Å²) < 4.78 is 21.9. The molecule has 37 heavy (non-hydrogen) atoms. The summed E-state index contributed by atoms with van der Waals surface area (Å²) in [4.78, 5) is 37.9. The Morgan fingerprint density at radius 1 is 1.16 bits per heavy atom. The van der Waals surface area contributed by atoms with E-state index in [4.69, 9.17) is 4.52 Å². The predicted molar refractivity (Wildman–Crippen MR) is 132 cm³/mol. The number of hydrogen-bond acceptors (Lipinski definition) is 7. The van der Waals surface area contributed by atoms with Crippen molar-refractivity contribution in [3.63, 3.8) is 0 Å². The first kappa shape index (κ1) is 23.1. The normalized spacial score (nSPS) is 16.2. The number of amides is 3. The van der Waals surface area contributed by atoms with Crippen LogP contribution < -0.4 is 10.6 Å². The largest absolute Gasteiger partial charge is 0.339 e. The lowest BCUT2D eigenvalue weighted by Crippen LogP contribution is -2.57. The smallest absolute Gasteiger partial charge is 0.320 e. The van der Waals surface area contributed by atoms with Gasteiger partial charge in [0.05, 0.1) is 12.1 Å². The number of imidazole rings is 1. The molecule has 0 radical (unpaired) electrons. The Labute approximate surface area is 211 Å². The summed E-state index contributed by atoms with van der Waals surface area (Å²) in [5.41, 5.74) is 1.92. The van der Waals surface area contributed by atoms with Crippen LogP contribution in [0, 0.1) is 12.7 Å². The third-order valence-corrected chi connectivity index (χ3v) is 6.83. The number of nitrogens with zero attached hydrogens (tertiary/aromatic N) is 6. The number of fused-ring (bicyclic) bond motifs is 1. The van der Waals surface area contributed by atoms with Gasteiger partial charge in [-0.1, -0.05) is 11.2 Å². The van der Waals surface area contributed by atoms with Crippen molar-refractivity contribution in [1.29, 1.82) is 0 Å². The number of urea groups is 1. The number of nitrogens with one attached hydrogen (secondary N) is 2. The van der Waals surface area contributed by atoms with Crippen molar-refractivity contribution < 1.29 is 18.5 Å². The number of piperazine rings is 1. The van der Waals surface area contributed by atoms with E-state index in [1.807, 2.05) is 11.0 Å². The van der Waals surface area contributed by atoms with E-state index in [9.17, 15) is 14.0 Å². The van der Waals surface area contributed by atoms with Crippen molar-refractivity contribution in [2.75, 3.05) is 44.6 Å². The van der Waals surface area contributed by atoms with Gasteiger partial charge in [0.25, 0.3) is 5.91 Å². The molecule has 12 heteroatoms. The minimum atomic E-state index is -0.506. The first-order valence-electron chi connectivity index (χ1n) is 12.1. The topological polar surface area (TPSA) is 121 Å². The van der Waals surface area contributed by atoms with Crippen molar-refractivity contribution >= 4 is 23.3 Å². The van der Waals surface area contributed by atoms with Crippen LogP contribution in [-0.4, -0.2) is 80.5 Å². The van der Waals surface area contributed by atoms with Crippen LogP contribution in [0.5, 0.6) is 0 Å². The maximum atomic E-state index is 14.8. The number of pyridine rings is 1. The molecule has 11 nitrogen and oxygen atoms in total. The third-order valence-electron chi connectivity index (χ3n) is 6.83. The molecule has 0 spiro atoms. The number of halogens is 1. The van der Waals surface area contributed by atoms with Crippen molar-refractivity contribution in [3.8, 4) is 11.4 Å². The maximum absolute atomic E-state index is 14.8. The van der Waals surface area contributed by atoms with Crippen LogP contribution in [0.3, 0.4) is 0 Å². The Morgan fingerprint density at radius 2 is 1.97 bits per heavy atom. The van der Waals surface area contributed by atoms with E-state index in [0.29, 0.717) is 54.7 Å². The molecule has 2 aliphatic heterocycles. The average Bonchev–Trinajstić information content (AvgIpc) is 3.54. The fourth-order valence-electron chi connectivity index (χ4n) is 4.59. The van der Waals surface area contributed by atoms with E-state index < -0.39 is 11.7 Å². The lowest BCUT2D eigenvalue weighted by atomic mass is 10.0. The zero-order valence-electron chi connectivity index (χ0n) is 20.1. The zero-order valence-corrected chi connectivity index (χ0v) is 20.1. The lowest BCUT2D eigenvalue weighted by molar-refractivity contribution is 0.100. The van der Waals surface area contributed by atoms with E-state index >= 15 is 0 Å². The number of carbonyl (C=O) groups excluding carboxylic acids is 2. The second kappa shape index (κ2) is 9.28. The number of hydrogen-bond donors (Lipinski definition) is 2. The summed E-state index contributed by atoms with van der Waals surface area (Å²) in [5.74, 6) is -0.384. The molecule has 3 amide bonds. The fourth-order valence-corrected chi connectivity index (χ4v) is 4.59. The highest BCUT2D eigenvalue weighted by atomic mass is 19.1. The molecule has 190 valence electrons. The van der Waals surface area contributed by atoms with Gasteiger partial charge in [-0.3, -0.25) is 9.20 Å². The summed E-state index contributed by atoms with van der Waals surface area (Å²) in [6.45, 7) is 5.55. The van der Waals surface area contributed by atoms with Gasteiger partial charge in [0, 0.05) is 62.3 Å². The molecule has 1 aromatic carbocycles. The van der Waals surface area contributed by atoms with Crippen molar-refractivity contribution in [3.05, 3.63) is 65.7 Å². The standard InChI is InChI=1S/C25H25FN8O3/c1-15-18(26)10-16(11-19(15)29-23(35)20-12-28-21-4-2-3-7-34(20)21)22-30-24(37-31-22)17-13-33(14-17)25(36)32-8-5-27-6-9-32/h2-4,7,10-12,17,27H,5-6,8-9,13-14H2,1H3,(H,29,35). The van der Waals surface area contributed by atoms with Crippen molar-refractivity contribution in [2.45, 2.75) is 12.8 Å². The van der Waals surface area contributed by atoms with Gasteiger partial charge in [-0.25, -0.2) is 14.2 Å². The Balaban J connectivity index is 1.17. The van der Waals surface area contributed by atoms with Gasteiger partial charge in [0.15, 0.2) is 0 Å². The molecule has 2 aliphatic rings. The van der Waals surface area contributed by atoms with E-state index in [1.54, 1.807) is 40.6 Å². The second-order valence-electron chi connectivity index (χ2n) is 9.23. The van der Waals surface area contributed by atoms with Gasteiger partial charge >= 0.3 is 6.03 Å². The number of benzene rings is 1. The maximum Gasteiger partial charge on any atom is 0.320 e. The molecule has 2 fully saturated rings. The third kappa shape index (κ3) is 4.29. The predicted octanol–water partition coefficient (Wildman–Crippen LogP) is 2.51. The van der Waals surface area contributed by atoms with Gasteiger partial charge in [-0.2, -0.15) is 4.98 Å². The minimum Gasteiger partial charge on any atom is -0.339 e. The first-order chi connectivity index (χ1) is 18.0. The summed E-state index contributed by atoms with van der Waals surface area (Å²) >= 11 is 0. The van der Waals surface area contributed by atoms with E-state index in [0.717, 1.165) is 13.1 Å². The van der Waals surface area contributed by atoms with Crippen molar-refractivity contribution in [2.24, 2.45) is 0 Å². The van der Waals surface area contributed by atoms with Gasteiger partial charge in [-0.15, -0.1) is 0 Å². The molecule has 0 saturated carbocycles. The molecule has 0 bridgehead atoms. The van der Waals surface area contributed by atoms with Crippen LogP contribution in [0.15, 0.2) is 47.2 Å². The highest BCUT2D eigenvalue weighted by Gasteiger charge is 2.37. The Kier molecular flexibility index (Phi) is 5.80. The number of anilines is 1. The monoisotopic (exact) mass is 504 g/mol. The summed E-state index contributed by atoms with van der Waals surface area (Å²) in [6.07, 6.45) is 3.21. The van der Waals surface area contributed by atoms with Gasteiger partial charge in [0.1, 0.15) is 17.2 Å². The molecular formula is C25H25FN8O3. The second-order valence-corrected chi connectivity index (χ2v) is 9.23. The Bertz CT molecular complexity index is 1490. The quantitative estimate of drug-likeness (QED) is 0.438. The van der Waals surface area contributed by atoms with Gasteiger partial charge < -0.3 is 25.0 Å². The minimum absolute atomic E-state index is 0.0180. The molecule has 0 aliphatic carbocycles. The molecule has 2 saturated heterocycles.